The van der Waals surface area contributed by atoms with E-state index in [9.17, 15) is 8.78 Å². The van der Waals surface area contributed by atoms with Gasteiger partial charge < -0.3 is 11.1 Å². The smallest absolute Gasteiger partial charge is 0.189 e. The zero-order valence-corrected chi connectivity index (χ0v) is 10.2. The van der Waals surface area contributed by atoms with Crippen molar-refractivity contribution >= 4 is 5.96 Å². The molecule has 0 spiro atoms. The molecular formula is C12H17F2N3. The molecule has 0 aliphatic heterocycles. The van der Waals surface area contributed by atoms with Crippen molar-refractivity contribution < 1.29 is 8.78 Å². The van der Waals surface area contributed by atoms with Gasteiger partial charge in [-0.3, -0.25) is 0 Å². The lowest BCUT2D eigenvalue weighted by Gasteiger charge is -2.21. The third-order valence-corrected chi connectivity index (χ3v) is 1.93. The Bertz CT molecular complexity index is 422. The SMILES string of the molecule is CC(C)(C)NC(N)=NCc1cc(F)ccc1F. The fraction of sp³-hybridized carbons (Fsp3) is 0.417. The van der Waals surface area contributed by atoms with Gasteiger partial charge >= 0.3 is 0 Å². The highest BCUT2D eigenvalue weighted by Crippen LogP contribution is 2.10. The Hall–Kier alpha value is -1.65. The molecule has 17 heavy (non-hydrogen) atoms. The van der Waals surface area contributed by atoms with Crippen LogP contribution in [-0.4, -0.2) is 11.5 Å². The zero-order chi connectivity index (χ0) is 13.1. The van der Waals surface area contributed by atoms with Crippen LogP contribution in [0.5, 0.6) is 0 Å². The van der Waals surface area contributed by atoms with Crippen molar-refractivity contribution in [1.29, 1.82) is 0 Å². The highest BCUT2D eigenvalue weighted by Gasteiger charge is 2.10. The molecule has 1 aromatic rings. The van der Waals surface area contributed by atoms with E-state index in [1.807, 2.05) is 20.8 Å². The van der Waals surface area contributed by atoms with E-state index in [2.05, 4.69) is 10.3 Å². The summed E-state index contributed by atoms with van der Waals surface area (Å²) in [5, 5.41) is 2.93. The summed E-state index contributed by atoms with van der Waals surface area (Å²) in [7, 11) is 0. The van der Waals surface area contributed by atoms with Crippen LogP contribution in [-0.2, 0) is 6.54 Å². The minimum Gasteiger partial charge on any atom is -0.370 e. The van der Waals surface area contributed by atoms with E-state index in [-0.39, 0.29) is 23.6 Å². The molecule has 0 aliphatic rings. The molecular weight excluding hydrogens is 224 g/mol. The van der Waals surface area contributed by atoms with E-state index in [4.69, 9.17) is 5.73 Å². The van der Waals surface area contributed by atoms with Gasteiger partial charge in [0.25, 0.3) is 0 Å². The van der Waals surface area contributed by atoms with Crippen LogP contribution in [0, 0.1) is 11.6 Å². The molecule has 1 rings (SSSR count). The normalized spacial score (nSPS) is 12.6. The van der Waals surface area contributed by atoms with E-state index in [1.54, 1.807) is 0 Å². The van der Waals surface area contributed by atoms with E-state index in [0.717, 1.165) is 18.2 Å². The number of nitrogens with two attached hydrogens (primary N) is 1. The second kappa shape index (κ2) is 5.12. The lowest BCUT2D eigenvalue weighted by atomic mass is 10.1. The van der Waals surface area contributed by atoms with Crippen molar-refractivity contribution in [1.82, 2.24) is 5.32 Å². The summed E-state index contributed by atoms with van der Waals surface area (Å²) in [6.07, 6.45) is 0. The summed E-state index contributed by atoms with van der Waals surface area (Å²) in [6.45, 7) is 5.80. The molecule has 5 heteroatoms. The van der Waals surface area contributed by atoms with Gasteiger partial charge in [0.2, 0.25) is 0 Å². The summed E-state index contributed by atoms with van der Waals surface area (Å²) in [5.41, 5.74) is 5.59. The third-order valence-electron chi connectivity index (χ3n) is 1.93. The van der Waals surface area contributed by atoms with Crippen LogP contribution in [0.1, 0.15) is 26.3 Å². The molecule has 94 valence electrons. The second-order valence-electron chi connectivity index (χ2n) is 4.81. The predicted octanol–water partition coefficient (Wildman–Crippen LogP) is 2.17. The first-order valence-corrected chi connectivity index (χ1v) is 5.30. The van der Waals surface area contributed by atoms with E-state index in [1.165, 1.54) is 0 Å². The summed E-state index contributed by atoms with van der Waals surface area (Å²) in [6, 6.07) is 3.26. The predicted molar refractivity (Wildman–Crippen MR) is 64.6 cm³/mol. The second-order valence-corrected chi connectivity index (χ2v) is 4.81. The van der Waals surface area contributed by atoms with E-state index < -0.39 is 11.6 Å². The molecule has 0 heterocycles. The van der Waals surface area contributed by atoms with Gasteiger partial charge in [-0.1, -0.05) is 0 Å². The number of nitrogens with zero attached hydrogens (tertiary/aromatic N) is 1. The lowest BCUT2D eigenvalue weighted by Crippen LogP contribution is -2.45. The Balaban J connectivity index is 2.72. The molecule has 0 fully saturated rings. The monoisotopic (exact) mass is 241 g/mol. The van der Waals surface area contributed by atoms with Crippen LogP contribution in [0.4, 0.5) is 8.78 Å². The standard InChI is InChI=1S/C12H17F2N3/c1-12(2,3)17-11(15)16-7-8-6-9(13)4-5-10(8)14/h4-6H,7H2,1-3H3,(H3,15,16,17). The van der Waals surface area contributed by atoms with Gasteiger partial charge in [0, 0.05) is 11.1 Å². The van der Waals surface area contributed by atoms with Crippen LogP contribution in [0.15, 0.2) is 23.2 Å². The van der Waals surface area contributed by atoms with Gasteiger partial charge in [-0.05, 0) is 39.0 Å². The average molecular weight is 241 g/mol. The van der Waals surface area contributed by atoms with Crippen LogP contribution < -0.4 is 11.1 Å². The van der Waals surface area contributed by atoms with Crippen molar-refractivity contribution in [2.75, 3.05) is 0 Å². The number of guanidine groups is 1. The first-order valence-electron chi connectivity index (χ1n) is 5.30. The molecule has 0 bridgehead atoms. The number of rotatable bonds is 2. The van der Waals surface area contributed by atoms with Crippen LogP contribution in [0.25, 0.3) is 0 Å². The number of benzene rings is 1. The Labute approximate surface area is 99.7 Å². The topological polar surface area (TPSA) is 50.4 Å². The molecule has 0 unspecified atom stereocenters. The van der Waals surface area contributed by atoms with Crippen molar-refractivity contribution in [2.24, 2.45) is 10.7 Å². The Morgan fingerprint density at radius 1 is 1.35 bits per heavy atom. The van der Waals surface area contributed by atoms with Gasteiger partial charge in [0.15, 0.2) is 5.96 Å². The molecule has 0 saturated carbocycles. The Kier molecular flexibility index (Phi) is 4.04. The molecule has 0 saturated heterocycles. The fourth-order valence-corrected chi connectivity index (χ4v) is 1.26. The van der Waals surface area contributed by atoms with Crippen molar-refractivity contribution in [3.63, 3.8) is 0 Å². The molecule has 0 radical (unpaired) electrons. The largest absolute Gasteiger partial charge is 0.370 e. The Morgan fingerprint density at radius 3 is 2.59 bits per heavy atom. The number of aliphatic imine (C=N–C) groups is 1. The minimum atomic E-state index is -0.487. The molecule has 3 nitrogen and oxygen atoms in total. The fourth-order valence-electron chi connectivity index (χ4n) is 1.26. The zero-order valence-electron chi connectivity index (χ0n) is 10.2. The number of halogens is 2. The molecule has 1 aromatic carbocycles. The molecule has 0 atom stereocenters. The Morgan fingerprint density at radius 2 is 2.00 bits per heavy atom. The number of hydrogen-bond acceptors (Lipinski definition) is 1. The van der Waals surface area contributed by atoms with Crippen LogP contribution in [0.2, 0.25) is 0 Å². The molecule has 0 aliphatic carbocycles. The van der Waals surface area contributed by atoms with Gasteiger partial charge in [0.1, 0.15) is 11.6 Å². The van der Waals surface area contributed by atoms with Crippen LogP contribution >= 0.6 is 0 Å². The van der Waals surface area contributed by atoms with Crippen molar-refractivity contribution in [2.45, 2.75) is 32.9 Å². The van der Waals surface area contributed by atoms with Gasteiger partial charge in [0.05, 0.1) is 6.54 Å². The van der Waals surface area contributed by atoms with Gasteiger partial charge in [-0.2, -0.15) is 0 Å². The van der Waals surface area contributed by atoms with Crippen molar-refractivity contribution in [3.8, 4) is 0 Å². The van der Waals surface area contributed by atoms with Gasteiger partial charge in [-0.25, -0.2) is 13.8 Å². The molecule has 0 aromatic heterocycles. The third kappa shape index (κ3) is 4.80. The van der Waals surface area contributed by atoms with E-state index >= 15 is 0 Å². The number of hydrogen-bond donors (Lipinski definition) is 2. The number of nitrogens with one attached hydrogen (secondary N) is 1. The average Bonchev–Trinajstić information content (AvgIpc) is 2.17. The summed E-state index contributed by atoms with van der Waals surface area (Å²) in [4.78, 5) is 3.96. The first kappa shape index (κ1) is 13.4. The van der Waals surface area contributed by atoms with E-state index in [0.29, 0.717) is 0 Å². The quantitative estimate of drug-likeness (QED) is 0.616. The molecule has 0 amide bonds. The first-order chi connectivity index (χ1) is 7.78. The maximum atomic E-state index is 13.3. The summed E-state index contributed by atoms with van der Waals surface area (Å²) in [5.74, 6) is -0.765. The summed E-state index contributed by atoms with van der Waals surface area (Å²) < 4.78 is 26.1. The van der Waals surface area contributed by atoms with Crippen molar-refractivity contribution in [3.05, 3.63) is 35.4 Å². The van der Waals surface area contributed by atoms with Crippen LogP contribution in [0.3, 0.4) is 0 Å². The maximum absolute atomic E-state index is 13.3. The summed E-state index contributed by atoms with van der Waals surface area (Å²) >= 11 is 0. The molecule has 3 N–H and O–H groups in total. The minimum absolute atomic E-state index is 0.0124. The van der Waals surface area contributed by atoms with Gasteiger partial charge in [-0.15, -0.1) is 0 Å². The maximum Gasteiger partial charge on any atom is 0.189 e. The highest BCUT2D eigenvalue weighted by molar-refractivity contribution is 5.78. The lowest BCUT2D eigenvalue weighted by molar-refractivity contribution is 0.508. The highest BCUT2D eigenvalue weighted by atomic mass is 19.1.